The summed E-state index contributed by atoms with van der Waals surface area (Å²) in [6.07, 6.45) is 9.49. The molecule has 3 atom stereocenters. The molecular formula is C33H51O3P. The Kier molecular flexibility index (Phi) is 13.7. The summed E-state index contributed by atoms with van der Waals surface area (Å²) in [5.41, 5.74) is 5.64. The number of benzene rings is 2. The van der Waals surface area contributed by atoms with E-state index >= 15 is 0 Å². The van der Waals surface area contributed by atoms with Gasteiger partial charge in [0.1, 0.15) is 11.5 Å². The highest BCUT2D eigenvalue weighted by atomic mass is 31.1. The first-order valence-corrected chi connectivity index (χ1v) is 15.5. The van der Waals surface area contributed by atoms with Crippen molar-refractivity contribution >= 4 is 19.4 Å². The molecule has 0 bridgehead atoms. The molecule has 0 saturated carbocycles. The third-order valence-electron chi connectivity index (χ3n) is 7.83. The van der Waals surface area contributed by atoms with Crippen LogP contribution in [-0.4, -0.2) is 18.7 Å². The molecule has 3 nitrogen and oxygen atoms in total. The van der Waals surface area contributed by atoms with Crippen molar-refractivity contribution in [2.75, 3.05) is 13.2 Å². The monoisotopic (exact) mass is 526 g/mol. The van der Waals surface area contributed by atoms with Crippen LogP contribution >= 0.6 is 8.58 Å². The molecule has 0 saturated heterocycles. The molecule has 0 N–H and O–H groups in total. The molecule has 0 aliphatic carbocycles. The molecule has 0 radical (unpaired) electrons. The Hall–Kier alpha value is -1.86. The number of aryl methyl sites for hydroxylation is 2. The summed E-state index contributed by atoms with van der Waals surface area (Å²) in [6, 6.07) is 8.22. The van der Waals surface area contributed by atoms with Crippen LogP contribution in [0.25, 0.3) is 0 Å². The van der Waals surface area contributed by atoms with Crippen LogP contribution in [0.2, 0.25) is 0 Å². The Morgan fingerprint density at radius 1 is 0.784 bits per heavy atom. The predicted molar refractivity (Wildman–Crippen MR) is 162 cm³/mol. The van der Waals surface area contributed by atoms with Gasteiger partial charge in [-0.05, 0) is 95.3 Å². The van der Waals surface area contributed by atoms with Crippen molar-refractivity contribution in [3.05, 3.63) is 52.1 Å². The molecule has 2 aromatic rings. The van der Waals surface area contributed by atoms with Gasteiger partial charge < -0.3 is 9.47 Å². The first kappa shape index (κ1) is 31.4. The lowest BCUT2D eigenvalue weighted by atomic mass is 9.95. The molecule has 0 aliphatic heterocycles. The molecular weight excluding hydrogens is 475 g/mol. The summed E-state index contributed by atoms with van der Waals surface area (Å²) < 4.78 is 12.7. The number of ether oxygens (including phenoxy) is 2. The van der Waals surface area contributed by atoms with E-state index < -0.39 is 0 Å². The van der Waals surface area contributed by atoms with Gasteiger partial charge in [0.05, 0.1) is 13.2 Å². The molecule has 2 rings (SSSR count). The second-order valence-electron chi connectivity index (χ2n) is 10.7. The summed E-state index contributed by atoms with van der Waals surface area (Å²) in [7, 11) is 0.0198. The zero-order valence-corrected chi connectivity index (χ0v) is 25.8. The van der Waals surface area contributed by atoms with E-state index in [4.69, 9.17) is 9.47 Å². The Bertz CT molecular complexity index is 998. The van der Waals surface area contributed by atoms with Crippen molar-refractivity contribution in [3.8, 4) is 11.5 Å². The average molecular weight is 527 g/mol. The van der Waals surface area contributed by atoms with Gasteiger partial charge in [-0.3, -0.25) is 4.79 Å². The Morgan fingerprint density at radius 3 is 1.95 bits per heavy atom. The normalized spacial score (nSPS) is 13.2. The Balaban J connectivity index is 2.28. The molecule has 37 heavy (non-hydrogen) atoms. The summed E-state index contributed by atoms with van der Waals surface area (Å²) in [6.45, 7) is 18.7. The predicted octanol–water partition coefficient (Wildman–Crippen LogP) is 9.25. The van der Waals surface area contributed by atoms with E-state index in [1.54, 1.807) is 0 Å². The molecule has 4 heteroatoms. The molecule has 3 unspecified atom stereocenters. The maximum Gasteiger partial charge on any atom is 0.186 e. The van der Waals surface area contributed by atoms with Gasteiger partial charge in [0.2, 0.25) is 0 Å². The smallest absolute Gasteiger partial charge is 0.186 e. The van der Waals surface area contributed by atoms with E-state index in [0.29, 0.717) is 18.4 Å². The summed E-state index contributed by atoms with van der Waals surface area (Å²) in [4.78, 5) is 13.6. The van der Waals surface area contributed by atoms with Crippen LogP contribution in [0.3, 0.4) is 0 Å². The standard InChI is InChI=1S/C33H51O3P/c1-9-13-15-27(11-3)21-35-29-17-18-31(30(20-29)36-22-28(12-4)16-14-10-2)37-33(34)32-24(6)19-23(5)25(7)26(32)8/h17-20,27-28,37H,9-16,21-22H2,1-8H3. The van der Waals surface area contributed by atoms with Gasteiger partial charge in [0.25, 0.3) is 0 Å². The van der Waals surface area contributed by atoms with Crippen molar-refractivity contribution in [2.45, 2.75) is 107 Å². The fourth-order valence-corrected chi connectivity index (χ4v) is 6.04. The molecule has 0 fully saturated rings. The van der Waals surface area contributed by atoms with Crippen LogP contribution in [0.4, 0.5) is 0 Å². The van der Waals surface area contributed by atoms with Crippen molar-refractivity contribution in [1.29, 1.82) is 0 Å². The first-order valence-electron chi connectivity index (χ1n) is 14.5. The molecule has 0 aliphatic rings. The van der Waals surface area contributed by atoms with Gasteiger partial charge in [-0.2, -0.15) is 0 Å². The molecule has 0 amide bonds. The average Bonchev–Trinajstić information content (AvgIpc) is 2.88. The Labute approximate surface area is 228 Å². The Morgan fingerprint density at radius 2 is 1.38 bits per heavy atom. The van der Waals surface area contributed by atoms with Crippen LogP contribution < -0.4 is 14.8 Å². The van der Waals surface area contributed by atoms with E-state index in [2.05, 4.69) is 54.5 Å². The quantitative estimate of drug-likeness (QED) is 0.193. The topological polar surface area (TPSA) is 35.5 Å². The number of carbonyl (C=O) groups excluding carboxylic acids is 1. The zero-order chi connectivity index (χ0) is 27.4. The van der Waals surface area contributed by atoms with E-state index in [1.165, 1.54) is 49.7 Å². The van der Waals surface area contributed by atoms with Crippen LogP contribution in [0, 0.1) is 39.5 Å². The second-order valence-corrected chi connectivity index (χ2v) is 11.9. The van der Waals surface area contributed by atoms with Crippen molar-refractivity contribution in [2.24, 2.45) is 11.8 Å². The lowest BCUT2D eigenvalue weighted by molar-refractivity contribution is 0.108. The fourth-order valence-electron chi connectivity index (χ4n) is 4.85. The van der Waals surface area contributed by atoms with Gasteiger partial charge in [-0.1, -0.05) is 72.3 Å². The van der Waals surface area contributed by atoms with Gasteiger partial charge >= 0.3 is 0 Å². The van der Waals surface area contributed by atoms with Crippen LogP contribution in [-0.2, 0) is 0 Å². The second kappa shape index (κ2) is 16.2. The molecule has 2 aromatic carbocycles. The third-order valence-corrected chi connectivity index (χ3v) is 8.99. The van der Waals surface area contributed by atoms with Crippen LogP contribution in [0.1, 0.15) is 112 Å². The number of hydrogen-bond acceptors (Lipinski definition) is 3. The number of unbranched alkanes of at least 4 members (excludes halogenated alkanes) is 2. The molecule has 206 valence electrons. The number of carbonyl (C=O) groups is 1. The summed E-state index contributed by atoms with van der Waals surface area (Å²) in [5, 5.41) is 0.970. The maximum atomic E-state index is 13.6. The maximum absolute atomic E-state index is 13.6. The highest BCUT2D eigenvalue weighted by molar-refractivity contribution is 7.66. The molecule has 0 spiro atoms. The van der Waals surface area contributed by atoms with Gasteiger partial charge in [0.15, 0.2) is 5.52 Å². The zero-order valence-electron chi connectivity index (χ0n) is 24.8. The van der Waals surface area contributed by atoms with E-state index in [1.807, 2.05) is 25.1 Å². The fraction of sp³-hybridized carbons (Fsp3) is 0.606. The first-order chi connectivity index (χ1) is 17.7. The van der Waals surface area contributed by atoms with Crippen molar-refractivity contribution in [1.82, 2.24) is 0 Å². The van der Waals surface area contributed by atoms with Crippen LogP contribution in [0.5, 0.6) is 11.5 Å². The van der Waals surface area contributed by atoms with Crippen molar-refractivity contribution in [3.63, 3.8) is 0 Å². The number of hydrogen-bond donors (Lipinski definition) is 0. The van der Waals surface area contributed by atoms with Gasteiger partial charge in [-0.25, -0.2) is 0 Å². The number of rotatable bonds is 17. The SMILES string of the molecule is CCCCC(CC)COc1ccc(PC(=O)c2c(C)cc(C)c(C)c2C)c(OCC(CC)CCCC)c1. The summed E-state index contributed by atoms with van der Waals surface area (Å²) in [5.74, 6) is 2.74. The molecule has 0 aromatic heterocycles. The summed E-state index contributed by atoms with van der Waals surface area (Å²) >= 11 is 0. The van der Waals surface area contributed by atoms with E-state index in [-0.39, 0.29) is 14.1 Å². The van der Waals surface area contributed by atoms with E-state index in [0.717, 1.165) is 52.9 Å². The highest BCUT2D eigenvalue weighted by Gasteiger charge is 2.19. The highest BCUT2D eigenvalue weighted by Crippen LogP contribution is 2.32. The van der Waals surface area contributed by atoms with E-state index in [9.17, 15) is 4.79 Å². The third kappa shape index (κ3) is 9.43. The van der Waals surface area contributed by atoms with Crippen LogP contribution in [0.15, 0.2) is 24.3 Å². The largest absolute Gasteiger partial charge is 0.493 e. The lowest BCUT2D eigenvalue weighted by Crippen LogP contribution is -2.16. The lowest BCUT2D eigenvalue weighted by Gasteiger charge is -2.20. The van der Waals surface area contributed by atoms with Crippen molar-refractivity contribution < 1.29 is 14.3 Å². The minimum absolute atomic E-state index is 0.0198. The minimum atomic E-state index is 0.0198. The molecule has 0 heterocycles. The van der Waals surface area contributed by atoms with Gasteiger partial charge in [-0.15, -0.1) is 0 Å². The van der Waals surface area contributed by atoms with Gasteiger partial charge in [0, 0.05) is 16.9 Å². The minimum Gasteiger partial charge on any atom is -0.493 e.